The van der Waals surface area contributed by atoms with Crippen LogP contribution in [0.25, 0.3) is 0 Å². The fraction of sp³-hybridized carbons (Fsp3) is 0.860. The van der Waals surface area contributed by atoms with Crippen LogP contribution in [-0.2, 0) is 4.79 Å². The molecule has 0 aromatic rings. The molecule has 56 heavy (non-hydrogen) atoms. The summed E-state index contributed by atoms with van der Waals surface area (Å²) >= 11 is 0. The molecule has 5 N–H and O–H groups in total. The van der Waals surface area contributed by atoms with E-state index in [0.717, 1.165) is 32.1 Å². The molecule has 4 atom stereocenters. The number of unbranched alkanes of at least 4 members (excludes halogenated alkanes) is 29. The second kappa shape index (κ2) is 44.6. The van der Waals surface area contributed by atoms with E-state index in [0.29, 0.717) is 19.3 Å². The maximum atomic E-state index is 12.4. The Morgan fingerprint density at radius 2 is 0.750 bits per heavy atom. The second-order valence-electron chi connectivity index (χ2n) is 16.8. The smallest absolute Gasteiger partial charge is 0.249 e. The molecule has 0 rings (SSSR count). The molecule has 0 radical (unpaired) electrons. The van der Waals surface area contributed by atoms with Crippen molar-refractivity contribution < 1.29 is 25.2 Å². The predicted octanol–water partition coefficient (Wildman–Crippen LogP) is 13.3. The molecular formula is C50H95NO5. The highest BCUT2D eigenvalue weighted by molar-refractivity contribution is 5.80. The molecule has 0 saturated carbocycles. The van der Waals surface area contributed by atoms with Crippen LogP contribution in [0.4, 0.5) is 0 Å². The van der Waals surface area contributed by atoms with Gasteiger partial charge in [0.15, 0.2) is 0 Å². The van der Waals surface area contributed by atoms with Gasteiger partial charge in [0.1, 0.15) is 12.2 Å². The molecule has 0 aromatic carbocycles. The van der Waals surface area contributed by atoms with Crippen molar-refractivity contribution in [3.8, 4) is 0 Å². The Kier molecular flexibility index (Phi) is 43.5. The number of hydrogen-bond acceptors (Lipinski definition) is 5. The Hall–Kier alpha value is -1.47. The molecule has 330 valence electrons. The quantitative estimate of drug-likeness (QED) is 0.0312. The zero-order valence-electron chi connectivity index (χ0n) is 37.1. The van der Waals surface area contributed by atoms with E-state index in [4.69, 9.17) is 0 Å². The van der Waals surface area contributed by atoms with Crippen molar-refractivity contribution in [2.45, 2.75) is 269 Å². The van der Waals surface area contributed by atoms with Gasteiger partial charge in [0.05, 0.1) is 18.8 Å². The maximum Gasteiger partial charge on any atom is 0.249 e. The van der Waals surface area contributed by atoms with Crippen molar-refractivity contribution in [1.82, 2.24) is 5.32 Å². The first-order valence-electron chi connectivity index (χ1n) is 24.4. The molecule has 0 aliphatic heterocycles. The Morgan fingerprint density at radius 1 is 0.429 bits per heavy atom. The molecule has 0 heterocycles. The number of nitrogens with one attached hydrogen (secondary N) is 1. The van der Waals surface area contributed by atoms with Gasteiger partial charge in [0.2, 0.25) is 5.91 Å². The molecule has 0 aromatic heterocycles. The largest absolute Gasteiger partial charge is 0.394 e. The van der Waals surface area contributed by atoms with E-state index < -0.39 is 36.9 Å². The fourth-order valence-electron chi connectivity index (χ4n) is 7.42. The first kappa shape index (κ1) is 54.5. The lowest BCUT2D eigenvalue weighted by molar-refractivity contribution is -0.132. The summed E-state index contributed by atoms with van der Waals surface area (Å²) in [6.45, 7) is 3.97. The summed E-state index contributed by atoms with van der Waals surface area (Å²) in [6.07, 6.45) is 53.9. The lowest BCUT2D eigenvalue weighted by atomic mass is 10.0. The molecule has 0 spiro atoms. The lowest BCUT2D eigenvalue weighted by Gasteiger charge is -2.27. The van der Waals surface area contributed by atoms with Crippen LogP contribution in [-0.4, -0.2) is 57.3 Å². The van der Waals surface area contributed by atoms with Crippen molar-refractivity contribution in [2.24, 2.45) is 0 Å². The van der Waals surface area contributed by atoms with Gasteiger partial charge in [-0.1, -0.05) is 211 Å². The van der Waals surface area contributed by atoms with Crippen LogP contribution in [0.5, 0.6) is 0 Å². The van der Waals surface area contributed by atoms with E-state index in [1.807, 2.05) is 6.08 Å². The number of aliphatic hydroxyl groups is 4. The fourth-order valence-corrected chi connectivity index (χ4v) is 7.42. The second-order valence-corrected chi connectivity index (χ2v) is 16.8. The minimum atomic E-state index is -1.30. The summed E-state index contributed by atoms with van der Waals surface area (Å²) < 4.78 is 0. The zero-order chi connectivity index (χ0) is 41.0. The minimum Gasteiger partial charge on any atom is -0.394 e. The van der Waals surface area contributed by atoms with E-state index >= 15 is 0 Å². The van der Waals surface area contributed by atoms with Crippen LogP contribution in [0, 0.1) is 0 Å². The van der Waals surface area contributed by atoms with E-state index in [9.17, 15) is 25.2 Å². The average molecular weight is 790 g/mol. The Bertz CT molecular complexity index is 889. The monoisotopic (exact) mass is 790 g/mol. The highest BCUT2D eigenvalue weighted by Crippen LogP contribution is 2.16. The van der Waals surface area contributed by atoms with E-state index in [1.54, 1.807) is 0 Å². The van der Waals surface area contributed by atoms with Gasteiger partial charge in [0.25, 0.3) is 0 Å². The SMILES string of the molecule is CCCCCC/C=C\CCC(O)C(=O)NC(CO)C(O)C(O)CCC/C=C/CC/C=C/CCCCCCCCCCCCCCCCCCCCCCCCC. The van der Waals surface area contributed by atoms with E-state index in [-0.39, 0.29) is 6.42 Å². The van der Waals surface area contributed by atoms with Gasteiger partial charge in [-0.3, -0.25) is 4.79 Å². The summed E-state index contributed by atoms with van der Waals surface area (Å²) in [5, 5.41) is 43.4. The number of hydrogen-bond donors (Lipinski definition) is 5. The summed E-state index contributed by atoms with van der Waals surface area (Å²) in [5.41, 5.74) is 0. The highest BCUT2D eigenvalue weighted by atomic mass is 16.3. The predicted molar refractivity (Wildman–Crippen MR) is 242 cm³/mol. The molecule has 0 bridgehead atoms. The first-order chi connectivity index (χ1) is 27.5. The molecule has 0 fully saturated rings. The summed E-state index contributed by atoms with van der Waals surface area (Å²) in [5.74, 6) is -0.634. The normalized spacial score (nSPS) is 14.3. The lowest BCUT2D eigenvalue weighted by Crippen LogP contribution is -2.53. The van der Waals surface area contributed by atoms with Gasteiger partial charge in [-0.05, 0) is 70.6 Å². The van der Waals surface area contributed by atoms with Gasteiger partial charge in [-0.25, -0.2) is 0 Å². The number of rotatable bonds is 44. The number of allylic oxidation sites excluding steroid dienone is 6. The molecule has 0 saturated heterocycles. The van der Waals surface area contributed by atoms with Gasteiger partial charge in [-0.2, -0.15) is 0 Å². The first-order valence-corrected chi connectivity index (χ1v) is 24.4. The summed E-state index contributed by atoms with van der Waals surface area (Å²) in [4.78, 5) is 12.4. The third-order valence-electron chi connectivity index (χ3n) is 11.3. The molecule has 4 unspecified atom stereocenters. The van der Waals surface area contributed by atoms with Crippen molar-refractivity contribution in [3.63, 3.8) is 0 Å². The van der Waals surface area contributed by atoms with Crippen LogP contribution in [0.15, 0.2) is 36.5 Å². The average Bonchev–Trinajstić information content (AvgIpc) is 3.20. The Morgan fingerprint density at radius 3 is 1.14 bits per heavy atom. The third kappa shape index (κ3) is 38.1. The number of carbonyl (C=O) groups is 1. The summed E-state index contributed by atoms with van der Waals surface area (Å²) in [6, 6.07) is -1.02. The van der Waals surface area contributed by atoms with Gasteiger partial charge >= 0.3 is 0 Å². The van der Waals surface area contributed by atoms with Crippen molar-refractivity contribution >= 4 is 5.91 Å². The van der Waals surface area contributed by atoms with Crippen LogP contribution >= 0.6 is 0 Å². The number of aliphatic hydroxyl groups excluding tert-OH is 4. The Balaban J connectivity index is 3.61. The topological polar surface area (TPSA) is 110 Å². The molecule has 0 aliphatic rings. The van der Waals surface area contributed by atoms with Crippen molar-refractivity contribution in [3.05, 3.63) is 36.5 Å². The van der Waals surface area contributed by atoms with Crippen molar-refractivity contribution in [2.75, 3.05) is 6.61 Å². The molecule has 1 amide bonds. The van der Waals surface area contributed by atoms with Gasteiger partial charge < -0.3 is 25.7 Å². The van der Waals surface area contributed by atoms with Crippen LogP contribution in [0.3, 0.4) is 0 Å². The summed E-state index contributed by atoms with van der Waals surface area (Å²) in [7, 11) is 0. The van der Waals surface area contributed by atoms with Gasteiger partial charge in [0, 0.05) is 0 Å². The Labute approximate surface area is 347 Å². The third-order valence-corrected chi connectivity index (χ3v) is 11.3. The van der Waals surface area contributed by atoms with Crippen LogP contribution in [0.2, 0.25) is 0 Å². The van der Waals surface area contributed by atoms with Crippen LogP contribution < -0.4 is 5.32 Å². The molecular weight excluding hydrogens is 695 g/mol. The molecule has 0 aliphatic carbocycles. The van der Waals surface area contributed by atoms with Crippen molar-refractivity contribution in [1.29, 1.82) is 0 Å². The number of amides is 1. The van der Waals surface area contributed by atoms with E-state index in [2.05, 4.69) is 49.5 Å². The zero-order valence-corrected chi connectivity index (χ0v) is 37.1. The highest BCUT2D eigenvalue weighted by Gasteiger charge is 2.28. The number of carbonyl (C=O) groups excluding carboxylic acids is 1. The van der Waals surface area contributed by atoms with Gasteiger partial charge in [-0.15, -0.1) is 0 Å². The van der Waals surface area contributed by atoms with E-state index in [1.165, 1.54) is 173 Å². The molecule has 6 heteroatoms. The molecule has 6 nitrogen and oxygen atoms in total. The minimum absolute atomic E-state index is 0.274. The van der Waals surface area contributed by atoms with Crippen LogP contribution in [0.1, 0.15) is 245 Å². The standard InChI is InChI=1S/C50H95NO5/c1-3-5-7-9-11-13-14-15-16-17-18-19-20-21-22-23-24-25-26-27-28-29-30-31-32-33-34-35-36-38-39-41-43-47(53)49(55)46(45-52)51-50(56)48(54)44-42-40-37-12-10-8-6-4-2/h32-33,36-38,40,46-49,52-55H,3-31,34-35,39,41-45H2,1-2H3,(H,51,56)/b33-32+,38-36+,40-37-. The maximum absolute atomic E-state index is 12.4.